The first-order chi connectivity index (χ1) is 4.52. The van der Waals surface area contributed by atoms with Gasteiger partial charge in [0.2, 0.25) is 6.29 Å². The zero-order chi connectivity index (χ0) is 8.15. The molecule has 1 atom stereocenters. The minimum atomic E-state index is -1.09. The first kappa shape index (κ1) is 9.17. The molecule has 0 amide bonds. The van der Waals surface area contributed by atoms with Crippen LogP contribution in [0.5, 0.6) is 0 Å². The van der Waals surface area contributed by atoms with Gasteiger partial charge in [0.15, 0.2) is 0 Å². The molecule has 0 spiro atoms. The Hall–Kier alpha value is -0.830. The van der Waals surface area contributed by atoms with Gasteiger partial charge in [0.1, 0.15) is 0 Å². The summed E-state index contributed by atoms with van der Waals surface area (Å²) in [5.41, 5.74) is 0.911. The van der Waals surface area contributed by atoms with E-state index in [4.69, 9.17) is 5.11 Å². The molecule has 58 valence electrons. The number of hydrogen-bond donors (Lipinski definition) is 1. The summed E-state index contributed by atoms with van der Waals surface area (Å²) in [5.74, 6) is -0.481. The molecule has 0 saturated heterocycles. The fourth-order valence-corrected chi connectivity index (χ4v) is 0.489. The van der Waals surface area contributed by atoms with Crippen molar-refractivity contribution in [1.29, 1.82) is 0 Å². The number of rotatable bonds is 2. The van der Waals surface area contributed by atoms with Gasteiger partial charge in [0, 0.05) is 6.92 Å². The van der Waals surface area contributed by atoms with E-state index in [9.17, 15) is 4.79 Å². The molecule has 1 unspecified atom stereocenters. The Morgan fingerprint density at radius 3 is 2.30 bits per heavy atom. The van der Waals surface area contributed by atoms with E-state index in [0.717, 1.165) is 5.57 Å². The number of aliphatic hydroxyl groups is 1. The van der Waals surface area contributed by atoms with Crippen LogP contribution in [-0.2, 0) is 9.53 Å². The molecular formula is C7H12O3. The van der Waals surface area contributed by atoms with E-state index < -0.39 is 12.3 Å². The average Bonchev–Trinajstić information content (AvgIpc) is 1.58. The Labute approximate surface area is 60.3 Å². The van der Waals surface area contributed by atoms with Crippen molar-refractivity contribution in [3.05, 3.63) is 11.6 Å². The zero-order valence-corrected chi connectivity index (χ0v) is 6.42. The number of carbonyl (C=O) groups excluding carboxylic acids is 1. The van der Waals surface area contributed by atoms with Crippen LogP contribution in [0.2, 0.25) is 0 Å². The standard InChI is InChI=1S/C7H12O3/c1-5(2)4-7(9)10-6(3)8/h4,7,9H,1-3H3. The summed E-state index contributed by atoms with van der Waals surface area (Å²) in [6, 6.07) is 0. The molecule has 0 aliphatic rings. The molecule has 3 nitrogen and oxygen atoms in total. The van der Waals surface area contributed by atoms with Crippen molar-refractivity contribution in [2.45, 2.75) is 27.1 Å². The molecule has 1 N–H and O–H groups in total. The smallest absolute Gasteiger partial charge is 0.305 e. The van der Waals surface area contributed by atoms with Crippen molar-refractivity contribution in [3.8, 4) is 0 Å². The normalized spacial score (nSPS) is 12.0. The van der Waals surface area contributed by atoms with Gasteiger partial charge in [-0.05, 0) is 19.9 Å². The van der Waals surface area contributed by atoms with Gasteiger partial charge in [-0.25, -0.2) is 0 Å². The van der Waals surface area contributed by atoms with Crippen LogP contribution >= 0.6 is 0 Å². The highest BCUT2D eigenvalue weighted by atomic mass is 16.6. The summed E-state index contributed by atoms with van der Waals surface area (Å²) in [5, 5.41) is 8.87. The Kier molecular flexibility index (Phi) is 3.72. The molecule has 0 saturated carbocycles. The Bertz CT molecular complexity index is 145. The first-order valence-electron chi connectivity index (χ1n) is 3.02. The third kappa shape index (κ3) is 5.31. The van der Waals surface area contributed by atoms with Crippen LogP contribution in [0.15, 0.2) is 11.6 Å². The Morgan fingerprint density at radius 1 is 1.50 bits per heavy atom. The van der Waals surface area contributed by atoms with E-state index >= 15 is 0 Å². The lowest BCUT2D eigenvalue weighted by Crippen LogP contribution is -2.12. The third-order valence-corrected chi connectivity index (χ3v) is 0.763. The summed E-state index contributed by atoms with van der Waals surface area (Å²) < 4.78 is 4.40. The van der Waals surface area contributed by atoms with Crippen molar-refractivity contribution < 1.29 is 14.6 Å². The number of esters is 1. The lowest BCUT2D eigenvalue weighted by molar-refractivity contribution is -0.157. The number of hydrogen-bond acceptors (Lipinski definition) is 3. The van der Waals surface area contributed by atoms with Gasteiger partial charge in [0.25, 0.3) is 0 Å². The fraction of sp³-hybridized carbons (Fsp3) is 0.571. The SMILES string of the molecule is CC(=O)OC(O)C=C(C)C. The maximum Gasteiger partial charge on any atom is 0.305 e. The van der Waals surface area contributed by atoms with Crippen LogP contribution in [0, 0.1) is 0 Å². The Morgan fingerprint density at radius 2 is 2.00 bits per heavy atom. The molecule has 3 heteroatoms. The maximum absolute atomic E-state index is 10.2. The van der Waals surface area contributed by atoms with Gasteiger partial charge in [-0.2, -0.15) is 0 Å². The first-order valence-corrected chi connectivity index (χ1v) is 3.02. The molecular weight excluding hydrogens is 132 g/mol. The van der Waals surface area contributed by atoms with Crippen molar-refractivity contribution >= 4 is 5.97 Å². The van der Waals surface area contributed by atoms with E-state index in [1.165, 1.54) is 13.0 Å². The van der Waals surface area contributed by atoms with Crippen LogP contribution in [-0.4, -0.2) is 17.4 Å². The molecule has 0 rings (SSSR count). The second-order valence-corrected chi connectivity index (χ2v) is 2.24. The van der Waals surface area contributed by atoms with Gasteiger partial charge in [-0.15, -0.1) is 0 Å². The molecule has 10 heavy (non-hydrogen) atoms. The highest BCUT2D eigenvalue weighted by molar-refractivity contribution is 5.66. The molecule has 0 heterocycles. The fourth-order valence-electron chi connectivity index (χ4n) is 0.489. The lowest BCUT2D eigenvalue weighted by Gasteiger charge is -2.04. The summed E-state index contributed by atoms with van der Waals surface area (Å²) in [7, 11) is 0. The molecule has 0 aromatic carbocycles. The van der Waals surface area contributed by atoms with E-state index in [-0.39, 0.29) is 0 Å². The van der Waals surface area contributed by atoms with Crippen LogP contribution in [0.25, 0.3) is 0 Å². The van der Waals surface area contributed by atoms with Crippen LogP contribution in [0.4, 0.5) is 0 Å². The summed E-state index contributed by atoms with van der Waals surface area (Å²) in [4.78, 5) is 10.2. The molecule has 0 aliphatic heterocycles. The molecule has 0 aliphatic carbocycles. The van der Waals surface area contributed by atoms with E-state index in [1.54, 1.807) is 0 Å². The largest absolute Gasteiger partial charge is 0.432 e. The third-order valence-electron chi connectivity index (χ3n) is 0.763. The van der Waals surface area contributed by atoms with Crippen LogP contribution in [0.3, 0.4) is 0 Å². The lowest BCUT2D eigenvalue weighted by atomic mass is 10.3. The molecule has 0 aromatic heterocycles. The predicted octanol–water partition coefficient (Wildman–Crippen LogP) is 0.834. The van der Waals surface area contributed by atoms with Gasteiger partial charge < -0.3 is 9.84 Å². The summed E-state index contributed by atoms with van der Waals surface area (Å²) in [6.07, 6.45) is 0.365. The number of aliphatic hydroxyl groups excluding tert-OH is 1. The Balaban J connectivity index is 3.75. The van der Waals surface area contributed by atoms with Gasteiger partial charge in [-0.3, -0.25) is 4.79 Å². The van der Waals surface area contributed by atoms with Gasteiger partial charge in [-0.1, -0.05) is 5.57 Å². The van der Waals surface area contributed by atoms with Crippen molar-refractivity contribution in [2.75, 3.05) is 0 Å². The second kappa shape index (κ2) is 4.06. The van der Waals surface area contributed by atoms with Crippen LogP contribution < -0.4 is 0 Å². The van der Waals surface area contributed by atoms with Crippen molar-refractivity contribution in [2.24, 2.45) is 0 Å². The van der Waals surface area contributed by atoms with Crippen molar-refractivity contribution in [1.82, 2.24) is 0 Å². The number of allylic oxidation sites excluding steroid dienone is 1. The van der Waals surface area contributed by atoms with E-state index in [1.807, 2.05) is 13.8 Å². The molecule has 0 bridgehead atoms. The van der Waals surface area contributed by atoms with E-state index in [2.05, 4.69) is 4.74 Å². The second-order valence-electron chi connectivity index (χ2n) is 2.24. The number of ether oxygens (including phenoxy) is 1. The average molecular weight is 144 g/mol. The van der Waals surface area contributed by atoms with Crippen molar-refractivity contribution in [3.63, 3.8) is 0 Å². The molecule has 0 radical (unpaired) electrons. The monoisotopic (exact) mass is 144 g/mol. The molecule has 0 fully saturated rings. The highest BCUT2D eigenvalue weighted by Gasteiger charge is 2.01. The van der Waals surface area contributed by atoms with Gasteiger partial charge >= 0.3 is 5.97 Å². The zero-order valence-electron chi connectivity index (χ0n) is 6.42. The summed E-state index contributed by atoms with van der Waals surface area (Å²) >= 11 is 0. The highest BCUT2D eigenvalue weighted by Crippen LogP contribution is 1.95. The summed E-state index contributed by atoms with van der Waals surface area (Å²) in [6.45, 7) is 4.88. The minimum Gasteiger partial charge on any atom is -0.432 e. The predicted molar refractivity (Wildman–Crippen MR) is 37.2 cm³/mol. The topological polar surface area (TPSA) is 46.5 Å². The van der Waals surface area contributed by atoms with Gasteiger partial charge in [0.05, 0.1) is 0 Å². The number of carbonyl (C=O) groups is 1. The quantitative estimate of drug-likeness (QED) is 0.355. The maximum atomic E-state index is 10.2. The van der Waals surface area contributed by atoms with Crippen LogP contribution in [0.1, 0.15) is 20.8 Å². The van der Waals surface area contributed by atoms with E-state index in [0.29, 0.717) is 0 Å². The minimum absolute atomic E-state index is 0.481. The molecule has 0 aromatic rings.